The van der Waals surface area contributed by atoms with Gasteiger partial charge in [0.15, 0.2) is 0 Å². The summed E-state index contributed by atoms with van der Waals surface area (Å²) in [6.45, 7) is 0.384. The number of benzene rings is 2. The number of rotatable bonds is 6. The second kappa shape index (κ2) is 7.19. The van der Waals surface area contributed by atoms with Gasteiger partial charge in [-0.25, -0.2) is 0 Å². The number of aromatic hydroxyl groups is 1. The van der Waals surface area contributed by atoms with Crippen LogP contribution in [0.2, 0.25) is 0 Å². The van der Waals surface area contributed by atoms with Gasteiger partial charge in [-0.3, -0.25) is 4.79 Å². The van der Waals surface area contributed by atoms with E-state index in [-0.39, 0.29) is 31.4 Å². The highest BCUT2D eigenvalue weighted by molar-refractivity contribution is 5.69. The predicted molar refractivity (Wildman–Crippen MR) is 78.9 cm³/mol. The average molecular weight is 287 g/mol. The number of esters is 1. The summed E-state index contributed by atoms with van der Waals surface area (Å²) in [6, 6.07) is 13.6. The quantitative estimate of drug-likeness (QED) is 0.630. The average Bonchev–Trinajstić information content (AvgIpc) is 2.49. The highest BCUT2D eigenvalue weighted by Crippen LogP contribution is 2.19. The number of hydrogen-bond donors (Lipinski definition) is 2. The molecule has 0 aliphatic rings. The lowest BCUT2D eigenvalue weighted by Gasteiger charge is -2.08. The molecule has 110 valence electrons. The molecule has 5 nitrogen and oxygen atoms in total. The molecule has 2 aromatic carbocycles. The topological polar surface area (TPSA) is 81.8 Å². The van der Waals surface area contributed by atoms with Crippen molar-refractivity contribution in [2.75, 3.05) is 12.3 Å². The number of anilines is 1. The van der Waals surface area contributed by atoms with Crippen LogP contribution in [0.25, 0.3) is 0 Å². The predicted octanol–water partition coefficient (Wildman–Crippen LogP) is 2.49. The molecule has 0 unspecified atom stereocenters. The second-order valence-electron chi connectivity index (χ2n) is 4.46. The van der Waals surface area contributed by atoms with Crippen molar-refractivity contribution in [3.8, 4) is 11.5 Å². The smallest absolute Gasteiger partial charge is 0.309 e. The van der Waals surface area contributed by atoms with Gasteiger partial charge in [-0.1, -0.05) is 24.3 Å². The van der Waals surface area contributed by atoms with Crippen LogP contribution in [0.1, 0.15) is 12.0 Å². The number of hydrogen-bond acceptors (Lipinski definition) is 5. The Labute approximate surface area is 122 Å². The molecule has 0 fully saturated rings. The van der Waals surface area contributed by atoms with Crippen molar-refractivity contribution in [1.29, 1.82) is 0 Å². The summed E-state index contributed by atoms with van der Waals surface area (Å²) < 4.78 is 10.5. The molecule has 2 rings (SSSR count). The van der Waals surface area contributed by atoms with Gasteiger partial charge in [-0.15, -0.1) is 0 Å². The zero-order valence-corrected chi connectivity index (χ0v) is 11.5. The van der Waals surface area contributed by atoms with Crippen LogP contribution in [0.3, 0.4) is 0 Å². The molecule has 0 spiro atoms. The Kier molecular flexibility index (Phi) is 5.04. The van der Waals surface area contributed by atoms with Gasteiger partial charge < -0.3 is 20.3 Å². The molecule has 0 aliphatic heterocycles. The molecule has 0 saturated heterocycles. The zero-order valence-electron chi connectivity index (χ0n) is 11.5. The number of phenolic OH excluding ortho intramolecular Hbond substituents is 1. The van der Waals surface area contributed by atoms with Gasteiger partial charge in [-0.2, -0.15) is 0 Å². The summed E-state index contributed by atoms with van der Waals surface area (Å²) in [4.78, 5) is 11.6. The first-order chi connectivity index (χ1) is 10.1. The lowest BCUT2D eigenvalue weighted by Crippen LogP contribution is -2.10. The van der Waals surface area contributed by atoms with Gasteiger partial charge in [0.2, 0.25) is 0 Å². The lowest BCUT2D eigenvalue weighted by atomic mass is 10.2. The number of para-hydroxylation sites is 2. The molecule has 0 amide bonds. The molecule has 0 aromatic heterocycles. The molecule has 5 heteroatoms. The number of carbonyl (C=O) groups is 1. The monoisotopic (exact) mass is 287 g/mol. The maximum absolute atomic E-state index is 11.6. The van der Waals surface area contributed by atoms with Gasteiger partial charge in [0.1, 0.15) is 18.1 Å². The molecular formula is C16H17NO4. The van der Waals surface area contributed by atoms with Crippen LogP contribution in [-0.4, -0.2) is 17.7 Å². The van der Waals surface area contributed by atoms with Crippen molar-refractivity contribution in [3.63, 3.8) is 0 Å². The Balaban J connectivity index is 1.70. The summed E-state index contributed by atoms with van der Waals surface area (Å²) in [5.41, 5.74) is 7.07. The lowest BCUT2D eigenvalue weighted by molar-refractivity contribution is -0.145. The first-order valence-corrected chi connectivity index (χ1v) is 6.56. The summed E-state index contributed by atoms with van der Waals surface area (Å²) in [6.07, 6.45) is 0.145. The minimum Gasteiger partial charge on any atom is -0.508 e. The van der Waals surface area contributed by atoms with E-state index in [9.17, 15) is 4.79 Å². The molecule has 0 radical (unpaired) electrons. The van der Waals surface area contributed by atoms with E-state index in [1.54, 1.807) is 36.4 Å². The normalized spacial score (nSPS) is 10.1. The minimum absolute atomic E-state index is 0.145. The number of nitrogen functional groups attached to an aromatic ring is 1. The van der Waals surface area contributed by atoms with E-state index >= 15 is 0 Å². The van der Waals surface area contributed by atoms with Crippen LogP contribution >= 0.6 is 0 Å². The Morgan fingerprint density at radius 2 is 1.81 bits per heavy atom. The fourth-order valence-corrected chi connectivity index (χ4v) is 1.68. The van der Waals surface area contributed by atoms with Gasteiger partial charge in [0, 0.05) is 0 Å². The SMILES string of the molecule is Nc1ccccc1OCCC(=O)OCc1ccc(O)cc1. The number of nitrogens with two attached hydrogens (primary N) is 1. The van der Waals surface area contributed by atoms with E-state index in [1.807, 2.05) is 12.1 Å². The molecule has 21 heavy (non-hydrogen) atoms. The van der Waals surface area contributed by atoms with Crippen LogP contribution in [0.5, 0.6) is 11.5 Å². The summed E-state index contributed by atoms with van der Waals surface area (Å²) >= 11 is 0. The summed E-state index contributed by atoms with van der Waals surface area (Å²) in [5, 5.41) is 9.15. The van der Waals surface area contributed by atoms with Crippen LogP contribution in [-0.2, 0) is 16.1 Å². The van der Waals surface area contributed by atoms with Crippen LogP contribution in [0.15, 0.2) is 48.5 Å². The van der Waals surface area contributed by atoms with E-state index in [0.717, 1.165) is 5.56 Å². The Morgan fingerprint density at radius 1 is 1.10 bits per heavy atom. The summed E-state index contributed by atoms with van der Waals surface area (Å²) in [5.74, 6) is 0.389. The fourth-order valence-electron chi connectivity index (χ4n) is 1.68. The van der Waals surface area contributed by atoms with Gasteiger partial charge in [0.05, 0.1) is 18.7 Å². The standard InChI is InChI=1S/C16H17NO4/c17-14-3-1-2-4-15(14)20-10-9-16(19)21-11-12-5-7-13(18)8-6-12/h1-8,18H,9-11,17H2. The highest BCUT2D eigenvalue weighted by atomic mass is 16.5. The third kappa shape index (κ3) is 4.72. The number of ether oxygens (including phenoxy) is 2. The molecule has 2 aromatic rings. The minimum atomic E-state index is -0.349. The van der Waals surface area contributed by atoms with E-state index in [1.165, 1.54) is 0 Å². The Bertz CT molecular complexity index is 595. The van der Waals surface area contributed by atoms with Crippen molar-refractivity contribution >= 4 is 11.7 Å². The first kappa shape index (κ1) is 14.7. The maximum atomic E-state index is 11.6. The Morgan fingerprint density at radius 3 is 2.52 bits per heavy atom. The Hall–Kier alpha value is -2.69. The molecule has 0 bridgehead atoms. The van der Waals surface area contributed by atoms with Crippen LogP contribution in [0, 0.1) is 0 Å². The summed E-state index contributed by atoms with van der Waals surface area (Å²) in [7, 11) is 0. The molecular weight excluding hydrogens is 270 g/mol. The van der Waals surface area contributed by atoms with Crippen molar-refractivity contribution in [2.24, 2.45) is 0 Å². The largest absolute Gasteiger partial charge is 0.508 e. The third-order valence-electron chi connectivity index (χ3n) is 2.82. The maximum Gasteiger partial charge on any atom is 0.309 e. The second-order valence-corrected chi connectivity index (χ2v) is 4.46. The van der Waals surface area contributed by atoms with Crippen molar-refractivity contribution in [1.82, 2.24) is 0 Å². The zero-order chi connectivity index (χ0) is 15.1. The van der Waals surface area contributed by atoms with Crippen molar-refractivity contribution in [2.45, 2.75) is 13.0 Å². The molecule has 0 heterocycles. The first-order valence-electron chi connectivity index (χ1n) is 6.56. The van der Waals surface area contributed by atoms with Gasteiger partial charge >= 0.3 is 5.97 Å². The number of phenols is 1. The number of carbonyl (C=O) groups excluding carboxylic acids is 1. The van der Waals surface area contributed by atoms with E-state index in [4.69, 9.17) is 20.3 Å². The van der Waals surface area contributed by atoms with Crippen LogP contribution in [0.4, 0.5) is 5.69 Å². The molecule has 0 saturated carbocycles. The molecule has 0 aliphatic carbocycles. The van der Waals surface area contributed by atoms with Crippen LogP contribution < -0.4 is 10.5 Å². The van der Waals surface area contributed by atoms with Crippen molar-refractivity contribution in [3.05, 3.63) is 54.1 Å². The third-order valence-corrected chi connectivity index (χ3v) is 2.82. The van der Waals surface area contributed by atoms with E-state index < -0.39 is 0 Å². The molecule has 0 atom stereocenters. The van der Waals surface area contributed by atoms with Gasteiger partial charge in [0.25, 0.3) is 0 Å². The van der Waals surface area contributed by atoms with E-state index in [0.29, 0.717) is 11.4 Å². The highest BCUT2D eigenvalue weighted by Gasteiger charge is 2.05. The van der Waals surface area contributed by atoms with Crippen molar-refractivity contribution < 1.29 is 19.4 Å². The molecule has 3 N–H and O–H groups in total. The van der Waals surface area contributed by atoms with E-state index in [2.05, 4.69) is 0 Å². The van der Waals surface area contributed by atoms with Gasteiger partial charge in [-0.05, 0) is 29.8 Å². The fraction of sp³-hybridized carbons (Fsp3) is 0.188.